The van der Waals surface area contributed by atoms with Gasteiger partial charge in [-0.2, -0.15) is 0 Å². The number of rotatable bonds is 2. The average Bonchev–Trinajstić information content (AvgIpc) is 2.50. The van der Waals surface area contributed by atoms with Gasteiger partial charge in [0, 0.05) is 11.1 Å². The molecule has 0 radical (unpaired) electrons. The van der Waals surface area contributed by atoms with E-state index in [9.17, 15) is 9.18 Å². The second-order valence-electron chi connectivity index (χ2n) is 5.08. The molecule has 0 atom stereocenters. The monoisotopic (exact) mass is 282 g/mol. The average molecular weight is 282 g/mol. The number of benzene rings is 2. The highest BCUT2D eigenvalue weighted by atomic mass is 19.1. The number of hydrogen-bond donors (Lipinski definition) is 0. The number of carbonyl (C=O) groups is 1. The fourth-order valence-corrected chi connectivity index (χ4v) is 2.60. The highest BCUT2D eigenvalue weighted by molar-refractivity contribution is 6.13. The SMILES string of the molecule is COc1ccc2c(c1)C(=O)/C(=C\c1cccc(F)c1)CC2. The van der Waals surface area contributed by atoms with Crippen LogP contribution < -0.4 is 4.74 Å². The summed E-state index contributed by atoms with van der Waals surface area (Å²) in [5.74, 6) is 0.378. The fraction of sp³-hybridized carbons (Fsp3) is 0.167. The van der Waals surface area contributed by atoms with Gasteiger partial charge < -0.3 is 4.74 Å². The number of ketones is 1. The third-order valence-corrected chi connectivity index (χ3v) is 3.71. The van der Waals surface area contributed by atoms with E-state index in [1.165, 1.54) is 12.1 Å². The maximum Gasteiger partial charge on any atom is 0.189 e. The van der Waals surface area contributed by atoms with E-state index in [0.717, 1.165) is 12.0 Å². The maximum absolute atomic E-state index is 13.2. The van der Waals surface area contributed by atoms with E-state index in [0.29, 0.717) is 28.9 Å². The van der Waals surface area contributed by atoms with Crippen LogP contribution in [0.3, 0.4) is 0 Å². The minimum Gasteiger partial charge on any atom is -0.497 e. The van der Waals surface area contributed by atoms with Crippen molar-refractivity contribution in [3.63, 3.8) is 0 Å². The molecule has 3 heteroatoms. The first-order valence-electron chi connectivity index (χ1n) is 6.85. The van der Waals surface area contributed by atoms with Crippen molar-refractivity contribution in [3.8, 4) is 5.75 Å². The molecule has 0 spiro atoms. The summed E-state index contributed by atoms with van der Waals surface area (Å²) in [6.07, 6.45) is 3.26. The molecule has 21 heavy (non-hydrogen) atoms. The number of halogens is 1. The first-order chi connectivity index (χ1) is 10.2. The van der Waals surface area contributed by atoms with Gasteiger partial charge in [-0.25, -0.2) is 4.39 Å². The predicted molar refractivity (Wildman–Crippen MR) is 80.0 cm³/mol. The Hall–Kier alpha value is -2.42. The van der Waals surface area contributed by atoms with Gasteiger partial charge in [-0.05, 0) is 54.3 Å². The van der Waals surface area contributed by atoms with Gasteiger partial charge in [0.1, 0.15) is 11.6 Å². The Labute approximate surface area is 122 Å². The summed E-state index contributed by atoms with van der Waals surface area (Å²) in [5.41, 5.74) is 3.14. The molecule has 2 nitrogen and oxygen atoms in total. The van der Waals surface area contributed by atoms with Crippen LogP contribution in [0.2, 0.25) is 0 Å². The lowest BCUT2D eigenvalue weighted by molar-refractivity contribution is 0.102. The maximum atomic E-state index is 13.2. The molecule has 0 amide bonds. The van der Waals surface area contributed by atoms with Crippen molar-refractivity contribution in [2.75, 3.05) is 7.11 Å². The van der Waals surface area contributed by atoms with Crippen molar-refractivity contribution in [2.24, 2.45) is 0 Å². The Balaban J connectivity index is 1.98. The Morgan fingerprint density at radius 3 is 2.76 bits per heavy atom. The molecule has 0 saturated heterocycles. The van der Waals surface area contributed by atoms with Crippen molar-refractivity contribution in [3.05, 3.63) is 70.5 Å². The van der Waals surface area contributed by atoms with E-state index < -0.39 is 0 Å². The quantitative estimate of drug-likeness (QED) is 0.777. The summed E-state index contributed by atoms with van der Waals surface area (Å²) >= 11 is 0. The Kier molecular flexibility index (Phi) is 3.57. The highest BCUT2D eigenvalue weighted by Gasteiger charge is 2.22. The number of allylic oxidation sites excluding steroid dienone is 1. The number of Topliss-reactive ketones (excluding diaryl/α,β-unsaturated/α-hetero) is 1. The zero-order valence-electron chi connectivity index (χ0n) is 11.7. The van der Waals surface area contributed by atoms with Gasteiger partial charge in [-0.1, -0.05) is 18.2 Å². The second kappa shape index (κ2) is 5.52. The molecule has 0 fully saturated rings. The minimum atomic E-state index is -0.297. The Morgan fingerprint density at radius 2 is 2.00 bits per heavy atom. The third kappa shape index (κ3) is 2.72. The number of hydrogen-bond acceptors (Lipinski definition) is 2. The molecule has 0 heterocycles. The van der Waals surface area contributed by atoms with Crippen LogP contribution in [0, 0.1) is 5.82 Å². The van der Waals surface area contributed by atoms with Crippen LogP contribution in [0.5, 0.6) is 5.75 Å². The van der Waals surface area contributed by atoms with E-state index in [1.807, 2.05) is 12.1 Å². The predicted octanol–water partition coefficient (Wildman–Crippen LogP) is 4.05. The molecule has 2 aromatic carbocycles. The molecule has 0 bridgehead atoms. The summed E-state index contributed by atoms with van der Waals surface area (Å²) in [6, 6.07) is 11.8. The molecule has 1 aliphatic rings. The highest BCUT2D eigenvalue weighted by Crippen LogP contribution is 2.29. The van der Waals surface area contributed by atoms with E-state index in [-0.39, 0.29) is 11.6 Å². The van der Waals surface area contributed by atoms with Gasteiger partial charge in [0.25, 0.3) is 0 Å². The van der Waals surface area contributed by atoms with Crippen LogP contribution in [0.15, 0.2) is 48.0 Å². The second-order valence-corrected chi connectivity index (χ2v) is 5.08. The first kappa shape index (κ1) is 13.6. The molecular weight excluding hydrogens is 267 g/mol. The molecule has 106 valence electrons. The molecule has 0 aliphatic heterocycles. The van der Waals surface area contributed by atoms with Crippen molar-refractivity contribution in [1.82, 2.24) is 0 Å². The number of methoxy groups -OCH3 is 1. The van der Waals surface area contributed by atoms with Crippen LogP contribution in [-0.2, 0) is 6.42 Å². The molecular formula is C18H15FO2. The molecule has 0 aromatic heterocycles. The van der Waals surface area contributed by atoms with Crippen LogP contribution in [0.25, 0.3) is 6.08 Å². The lowest BCUT2D eigenvalue weighted by atomic mass is 9.86. The molecule has 3 rings (SSSR count). The van der Waals surface area contributed by atoms with Crippen molar-refractivity contribution in [2.45, 2.75) is 12.8 Å². The van der Waals surface area contributed by atoms with Crippen LogP contribution in [0.1, 0.15) is 27.9 Å². The largest absolute Gasteiger partial charge is 0.497 e. The van der Waals surface area contributed by atoms with Gasteiger partial charge in [-0.15, -0.1) is 0 Å². The molecule has 1 aliphatic carbocycles. The van der Waals surface area contributed by atoms with Crippen LogP contribution in [0.4, 0.5) is 4.39 Å². The summed E-state index contributed by atoms with van der Waals surface area (Å²) in [5, 5.41) is 0. The van der Waals surface area contributed by atoms with E-state index in [2.05, 4.69) is 0 Å². The van der Waals surface area contributed by atoms with Crippen molar-refractivity contribution < 1.29 is 13.9 Å². The molecule has 0 N–H and O–H groups in total. The van der Waals surface area contributed by atoms with Crippen molar-refractivity contribution >= 4 is 11.9 Å². The van der Waals surface area contributed by atoms with Crippen LogP contribution >= 0.6 is 0 Å². The number of aryl methyl sites for hydroxylation is 1. The minimum absolute atomic E-state index is 0.000545. The van der Waals surface area contributed by atoms with Crippen LogP contribution in [-0.4, -0.2) is 12.9 Å². The number of ether oxygens (including phenoxy) is 1. The topological polar surface area (TPSA) is 26.3 Å². The lowest BCUT2D eigenvalue weighted by Gasteiger charge is -2.18. The summed E-state index contributed by atoms with van der Waals surface area (Å²) in [7, 11) is 1.58. The van der Waals surface area contributed by atoms with E-state index in [1.54, 1.807) is 31.4 Å². The van der Waals surface area contributed by atoms with Crippen molar-refractivity contribution in [1.29, 1.82) is 0 Å². The van der Waals surface area contributed by atoms with Gasteiger partial charge >= 0.3 is 0 Å². The smallest absolute Gasteiger partial charge is 0.189 e. The van der Waals surface area contributed by atoms with Gasteiger partial charge in [0.2, 0.25) is 0 Å². The molecule has 0 unspecified atom stereocenters. The van der Waals surface area contributed by atoms with Gasteiger partial charge in [0.15, 0.2) is 5.78 Å². The summed E-state index contributed by atoms with van der Waals surface area (Å²) in [4.78, 5) is 12.6. The van der Waals surface area contributed by atoms with E-state index >= 15 is 0 Å². The third-order valence-electron chi connectivity index (χ3n) is 3.71. The molecule has 2 aromatic rings. The first-order valence-corrected chi connectivity index (χ1v) is 6.85. The Morgan fingerprint density at radius 1 is 1.14 bits per heavy atom. The number of fused-ring (bicyclic) bond motifs is 1. The Bertz CT molecular complexity index is 732. The van der Waals surface area contributed by atoms with Gasteiger partial charge in [0.05, 0.1) is 7.11 Å². The summed E-state index contributed by atoms with van der Waals surface area (Å²) < 4.78 is 18.4. The zero-order valence-corrected chi connectivity index (χ0v) is 11.7. The number of carbonyl (C=O) groups excluding carboxylic acids is 1. The standard InChI is InChI=1S/C18H15FO2/c1-21-16-8-7-13-5-6-14(18(20)17(13)11-16)9-12-3-2-4-15(19)10-12/h2-4,7-11H,5-6H2,1H3/b14-9-. The zero-order chi connectivity index (χ0) is 14.8. The van der Waals surface area contributed by atoms with E-state index in [4.69, 9.17) is 4.74 Å². The summed E-state index contributed by atoms with van der Waals surface area (Å²) in [6.45, 7) is 0. The molecule has 0 saturated carbocycles. The fourth-order valence-electron chi connectivity index (χ4n) is 2.60. The van der Waals surface area contributed by atoms with Gasteiger partial charge in [-0.3, -0.25) is 4.79 Å². The lowest BCUT2D eigenvalue weighted by Crippen LogP contribution is -2.14. The normalized spacial score (nSPS) is 15.9.